The highest BCUT2D eigenvalue weighted by molar-refractivity contribution is 5.79. The number of hydrogen-bond acceptors (Lipinski definition) is 4. The van der Waals surface area contributed by atoms with Gasteiger partial charge in [-0.05, 0) is 50.4 Å². The molecule has 6 nitrogen and oxygen atoms in total. The van der Waals surface area contributed by atoms with Crippen LogP contribution in [0, 0.1) is 5.92 Å². The first kappa shape index (κ1) is 19.8. The van der Waals surface area contributed by atoms with Crippen molar-refractivity contribution in [2.45, 2.75) is 39.2 Å². The zero-order valence-corrected chi connectivity index (χ0v) is 16.0. The van der Waals surface area contributed by atoms with E-state index in [1.54, 1.807) is 6.26 Å². The lowest BCUT2D eigenvalue weighted by atomic mass is 10.2. The van der Waals surface area contributed by atoms with Gasteiger partial charge >= 0.3 is 0 Å². The van der Waals surface area contributed by atoms with Crippen LogP contribution in [-0.2, 0) is 4.74 Å². The van der Waals surface area contributed by atoms with Gasteiger partial charge in [0, 0.05) is 33.4 Å². The predicted molar refractivity (Wildman–Crippen MR) is 102 cm³/mol. The molecule has 0 aliphatic carbocycles. The van der Waals surface area contributed by atoms with E-state index in [-0.39, 0.29) is 6.04 Å². The number of nitrogens with one attached hydrogen (secondary N) is 2. The molecule has 0 radical (unpaired) electrons. The Kier molecular flexibility index (Phi) is 8.83. The molecule has 0 spiro atoms. The summed E-state index contributed by atoms with van der Waals surface area (Å²) in [5.41, 5.74) is 0. The van der Waals surface area contributed by atoms with Crippen LogP contribution in [0.1, 0.15) is 44.9 Å². The average molecular weight is 351 g/mol. The molecule has 6 heteroatoms. The molecule has 1 aromatic heterocycles. The molecule has 2 N–H and O–H groups in total. The lowest BCUT2D eigenvalue weighted by Crippen LogP contribution is -2.43. The van der Waals surface area contributed by atoms with Crippen LogP contribution >= 0.6 is 0 Å². The first-order chi connectivity index (χ1) is 12.2. The second kappa shape index (κ2) is 11.2. The van der Waals surface area contributed by atoms with Crippen molar-refractivity contribution >= 4 is 5.96 Å². The quantitative estimate of drug-likeness (QED) is 0.386. The van der Waals surface area contributed by atoms with Crippen LogP contribution in [0.4, 0.5) is 0 Å². The van der Waals surface area contributed by atoms with E-state index < -0.39 is 0 Å². The smallest absolute Gasteiger partial charge is 0.191 e. The van der Waals surface area contributed by atoms with Gasteiger partial charge in [0.25, 0.3) is 0 Å². The average Bonchev–Trinajstić information content (AvgIpc) is 3.30. The Morgan fingerprint density at radius 2 is 2.12 bits per heavy atom. The Labute approximate surface area is 152 Å². The molecule has 0 saturated carbocycles. The summed E-state index contributed by atoms with van der Waals surface area (Å²) >= 11 is 0. The van der Waals surface area contributed by atoms with Crippen molar-refractivity contribution in [1.29, 1.82) is 0 Å². The standard InChI is InChI=1S/C19H34N4O2/c1-16(2)15-24-12-7-9-21-19(20-3)22-14-17(18-8-6-13-25-18)23-10-4-5-11-23/h6,8,13,16-17H,4-5,7,9-12,14-15H2,1-3H3,(H2,20,21,22). The minimum Gasteiger partial charge on any atom is -0.468 e. The third-order valence-corrected chi connectivity index (χ3v) is 4.35. The van der Waals surface area contributed by atoms with Crippen molar-refractivity contribution in [3.8, 4) is 0 Å². The molecule has 0 aromatic carbocycles. The fraction of sp³-hybridized carbons (Fsp3) is 0.737. The van der Waals surface area contributed by atoms with E-state index >= 15 is 0 Å². The molecule has 2 heterocycles. The predicted octanol–water partition coefficient (Wildman–Crippen LogP) is 2.64. The number of furan rings is 1. The van der Waals surface area contributed by atoms with Gasteiger partial charge in [-0.25, -0.2) is 0 Å². The van der Waals surface area contributed by atoms with E-state index in [1.165, 1.54) is 12.8 Å². The van der Waals surface area contributed by atoms with Crippen LogP contribution in [0.5, 0.6) is 0 Å². The summed E-state index contributed by atoms with van der Waals surface area (Å²) in [6, 6.07) is 4.28. The van der Waals surface area contributed by atoms with Gasteiger partial charge in [-0.15, -0.1) is 0 Å². The van der Waals surface area contributed by atoms with E-state index in [0.717, 1.165) is 57.5 Å². The molecule has 1 aromatic rings. The number of likely N-dealkylation sites (tertiary alicyclic amines) is 1. The van der Waals surface area contributed by atoms with Crippen LogP contribution in [0.2, 0.25) is 0 Å². The Balaban J connectivity index is 1.72. The zero-order valence-electron chi connectivity index (χ0n) is 16.0. The SMILES string of the molecule is CN=C(NCCCOCC(C)C)NCC(c1ccco1)N1CCCC1. The van der Waals surface area contributed by atoms with Gasteiger partial charge in [-0.3, -0.25) is 9.89 Å². The Morgan fingerprint density at radius 1 is 1.32 bits per heavy atom. The van der Waals surface area contributed by atoms with Gasteiger partial charge in [0.2, 0.25) is 0 Å². The molecule has 142 valence electrons. The lowest BCUT2D eigenvalue weighted by molar-refractivity contribution is 0.108. The number of rotatable bonds is 10. The lowest BCUT2D eigenvalue weighted by Gasteiger charge is -2.26. The second-order valence-corrected chi connectivity index (χ2v) is 6.98. The van der Waals surface area contributed by atoms with E-state index in [4.69, 9.17) is 9.15 Å². The molecule has 2 rings (SSSR count). The van der Waals surface area contributed by atoms with Crippen molar-refractivity contribution in [3.05, 3.63) is 24.2 Å². The van der Waals surface area contributed by atoms with Crippen LogP contribution in [0.3, 0.4) is 0 Å². The Hall–Kier alpha value is -1.53. The molecule has 25 heavy (non-hydrogen) atoms. The molecule has 0 amide bonds. The van der Waals surface area contributed by atoms with Gasteiger partial charge in [-0.2, -0.15) is 0 Å². The molecular weight excluding hydrogens is 316 g/mol. The zero-order chi connectivity index (χ0) is 17.9. The third kappa shape index (κ3) is 7.08. The maximum Gasteiger partial charge on any atom is 0.191 e. The van der Waals surface area contributed by atoms with Gasteiger partial charge in [0.1, 0.15) is 5.76 Å². The summed E-state index contributed by atoms with van der Waals surface area (Å²) in [5.74, 6) is 2.44. The first-order valence-electron chi connectivity index (χ1n) is 9.50. The Bertz CT molecular complexity index is 482. The molecule has 1 aliphatic rings. The highest BCUT2D eigenvalue weighted by Gasteiger charge is 2.25. The second-order valence-electron chi connectivity index (χ2n) is 6.98. The molecule has 0 bridgehead atoms. The minimum atomic E-state index is 0.255. The van der Waals surface area contributed by atoms with Crippen molar-refractivity contribution in [2.24, 2.45) is 10.9 Å². The first-order valence-corrected chi connectivity index (χ1v) is 9.50. The summed E-state index contributed by atoms with van der Waals surface area (Å²) < 4.78 is 11.3. The summed E-state index contributed by atoms with van der Waals surface area (Å²) in [5, 5.41) is 6.80. The summed E-state index contributed by atoms with van der Waals surface area (Å²) in [4.78, 5) is 6.80. The van der Waals surface area contributed by atoms with E-state index in [9.17, 15) is 0 Å². The maximum absolute atomic E-state index is 5.66. The molecule has 1 saturated heterocycles. The number of aliphatic imine (C=N–C) groups is 1. The van der Waals surface area contributed by atoms with Crippen LogP contribution in [0.25, 0.3) is 0 Å². The summed E-state index contributed by atoms with van der Waals surface area (Å²) in [6.07, 6.45) is 5.25. The van der Waals surface area contributed by atoms with Crippen molar-refractivity contribution in [1.82, 2.24) is 15.5 Å². The fourth-order valence-corrected chi connectivity index (χ4v) is 3.06. The fourth-order valence-electron chi connectivity index (χ4n) is 3.06. The number of guanidine groups is 1. The molecular formula is C19H34N4O2. The van der Waals surface area contributed by atoms with E-state index in [1.807, 2.05) is 13.1 Å². The van der Waals surface area contributed by atoms with Gasteiger partial charge in [0.15, 0.2) is 5.96 Å². The highest BCUT2D eigenvalue weighted by atomic mass is 16.5. The molecule has 1 fully saturated rings. The highest BCUT2D eigenvalue weighted by Crippen LogP contribution is 2.24. The van der Waals surface area contributed by atoms with E-state index in [2.05, 4.69) is 40.4 Å². The largest absolute Gasteiger partial charge is 0.468 e. The molecule has 1 atom stereocenters. The topological polar surface area (TPSA) is 62.0 Å². The Morgan fingerprint density at radius 3 is 2.76 bits per heavy atom. The van der Waals surface area contributed by atoms with Crippen molar-refractivity contribution in [3.63, 3.8) is 0 Å². The maximum atomic E-state index is 5.66. The van der Waals surface area contributed by atoms with Crippen LogP contribution in [-0.4, -0.2) is 57.3 Å². The van der Waals surface area contributed by atoms with E-state index in [0.29, 0.717) is 5.92 Å². The van der Waals surface area contributed by atoms with Crippen LogP contribution in [0.15, 0.2) is 27.8 Å². The van der Waals surface area contributed by atoms with Gasteiger partial charge in [-0.1, -0.05) is 13.8 Å². The third-order valence-electron chi connectivity index (χ3n) is 4.35. The van der Waals surface area contributed by atoms with Gasteiger partial charge < -0.3 is 19.8 Å². The minimum absolute atomic E-state index is 0.255. The van der Waals surface area contributed by atoms with Crippen LogP contribution < -0.4 is 10.6 Å². The summed E-state index contributed by atoms with van der Waals surface area (Å²) in [6.45, 7) is 9.85. The summed E-state index contributed by atoms with van der Waals surface area (Å²) in [7, 11) is 1.81. The van der Waals surface area contributed by atoms with Crippen molar-refractivity contribution in [2.75, 3.05) is 46.4 Å². The van der Waals surface area contributed by atoms with Gasteiger partial charge in [0.05, 0.1) is 12.3 Å². The number of ether oxygens (including phenoxy) is 1. The number of hydrogen-bond donors (Lipinski definition) is 2. The molecule has 1 unspecified atom stereocenters. The monoisotopic (exact) mass is 350 g/mol. The normalized spacial score (nSPS) is 17.2. The molecule has 1 aliphatic heterocycles. The van der Waals surface area contributed by atoms with Crippen molar-refractivity contribution < 1.29 is 9.15 Å². The number of nitrogens with zero attached hydrogens (tertiary/aromatic N) is 2.